The highest BCUT2D eigenvalue weighted by atomic mass is 13.8. The largest absolute Gasteiger partial charge is 0.119 e. The van der Waals surface area contributed by atoms with E-state index in [-0.39, 0.29) is 0 Å². The molecule has 11 heavy (non-hydrogen) atoms. The minimum Gasteiger partial charge on any atom is -0.119 e. The van der Waals surface area contributed by atoms with E-state index in [1.165, 1.54) is 5.56 Å². The number of terminal acetylenes is 1. The van der Waals surface area contributed by atoms with Gasteiger partial charge in [-0.2, -0.15) is 0 Å². The van der Waals surface area contributed by atoms with Crippen LogP contribution in [0.5, 0.6) is 0 Å². The van der Waals surface area contributed by atoms with Gasteiger partial charge in [0.25, 0.3) is 0 Å². The second kappa shape index (κ2) is 4.35. The van der Waals surface area contributed by atoms with Crippen LogP contribution in [0.15, 0.2) is 36.4 Å². The van der Waals surface area contributed by atoms with Crippen LogP contribution in [-0.4, -0.2) is 0 Å². The minimum absolute atomic E-state index is 1.17. The molecular formula is C11H9. The molecule has 0 heteroatoms. The number of hydrogen-bond donors (Lipinski definition) is 0. The van der Waals surface area contributed by atoms with Crippen molar-refractivity contribution >= 4 is 6.08 Å². The Hall–Kier alpha value is -1.48. The summed E-state index contributed by atoms with van der Waals surface area (Å²) in [5.41, 5.74) is 1.17. The van der Waals surface area contributed by atoms with E-state index in [0.717, 1.165) is 0 Å². The molecule has 0 aliphatic carbocycles. The average molecular weight is 141 g/mol. The fraction of sp³-hybridized carbons (Fsp3) is 0. The van der Waals surface area contributed by atoms with Crippen molar-refractivity contribution in [2.75, 3.05) is 0 Å². The molecule has 0 bridgehead atoms. The van der Waals surface area contributed by atoms with Gasteiger partial charge in [0.1, 0.15) is 0 Å². The maximum atomic E-state index is 5.04. The van der Waals surface area contributed by atoms with Gasteiger partial charge in [-0.3, -0.25) is 0 Å². The highest BCUT2D eigenvalue weighted by Gasteiger charge is 1.79. The Labute approximate surface area is 67.6 Å². The molecule has 0 aromatic heterocycles. The molecule has 0 aliphatic rings. The number of benzene rings is 1. The van der Waals surface area contributed by atoms with Gasteiger partial charge in [0, 0.05) is 0 Å². The normalized spacial score (nSPS) is 9.73. The molecule has 0 fully saturated rings. The minimum atomic E-state index is 1.17. The first-order chi connectivity index (χ1) is 5.43. The van der Waals surface area contributed by atoms with E-state index in [2.05, 4.69) is 5.92 Å². The zero-order chi connectivity index (χ0) is 7.94. The van der Waals surface area contributed by atoms with Crippen LogP contribution in [0.25, 0.3) is 6.08 Å². The van der Waals surface area contributed by atoms with Crippen LogP contribution in [0.2, 0.25) is 0 Å². The monoisotopic (exact) mass is 141 g/mol. The summed E-state index contributed by atoms with van der Waals surface area (Å²) < 4.78 is 0. The fourth-order valence-corrected chi connectivity index (χ4v) is 0.779. The standard InChI is InChI=1S/C11H9/c1-2-3-5-8-11-9-6-4-7-10-11/h1,3-10H/b8-5+. The molecule has 53 valence electrons. The Kier molecular flexibility index (Phi) is 3.02. The van der Waals surface area contributed by atoms with E-state index < -0.39 is 0 Å². The van der Waals surface area contributed by atoms with Gasteiger partial charge in [-0.15, -0.1) is 6.42 Å². The SMILES string of the molecule is C#C[CH]/C=C/c1ccccc1. The number of rotatable bonds is 2. The summed E-state index contributed by atoms with van der Waals surface area (Å²) in [6.07, 6.45) is 10.5. The summed E-state index contributed by atoms with van der Waals surface area (Å²) >= 11 is 0. The number of allylic oxidation sites excluding steroid dienone is 1. The average Bonchev–Trinajstić information content (AvgIpc) is 2.07. The maximum Gasteiger partial charge on any atom is 0.0556 e. The van der Waals surface area contributed by atoms with Crippen LogP contribution < -0.4 is 0 Å². The first-order valence-electron chi connectivity index (χ1n) is 3.44. The molecular weight excluding hydrogens is 132 g/mol. The predicted octanol–water partition coefficient (Wildman–Crippen LogP) is 2.54. The molecule has 1 aromatic rings. The van der Waals surface area contributed by atoms with Gasteiger partial charge in [0.2, 0.25) is 0 Å². The second-order valence-corrected chi connectivity index (χ2v) is 2.10. The summed E-state index contributed by atoms with van der Waals surface area (Å²) in [5, 5.41) is 0. The summed E-state index contributed by atoms with van der Waals surface area (Å²) in [5.74, 6) is 2.43. The van der Waals surface area contributed by atoms with Crippen LogP contribution in [-0.2, 0) is 0 Å². The van der Waals surface area contributed by atoms with Crippen molar-refractivity contribution in [1.82, 2.24) is 0 Å². The van der Waals surface area contributed by atoms with Gasteiger partial charge in [-0.1, -0.05) is 48.4 Å². The molecule has 0 atom stereocenters. The van der Waals surface area contributed by atoms with Gasteiger partial charge in [-0.25, -0.2) is 0 Å². The van der Waals surface area contributed by atoms with Crippen molar-refractivity contribution in [2.24, 2.45) is 0 Å². The Bertz CT molecular complexity index is 262. The van der Waals surface area contributed by atoms with Crippen molar-refractivity contribution < 1.29 is 0 Å². The van der Waals surface area contributed by atoms with Gasteiger partial charge in [-0.05, 0) is 5.56 Å². The molecule has 0 amide bonds. The molecule has 1 radical (unpaired) electrons. The first kappa shape index (κ1) is 7.63. The summed E-state index contributed by atoms with van der Waals surface area (Å²) in [6, 6.07) is 10.0. The maximum absolute atomic E-state index is 5.04. The van der Waals surface area contributed by atoms with Crippen LogP contribution >= 0.6 is 0 Å². The lowest BCUT2D eigenvalue weighted by Gasteiger charge is -1.88. The Balaban J connectivity index is 2.59. The molecule has 1 rings (SSSR count). The van der Waals surface area contributed by atoms with E-state index in [0.29, 0.717) is 0 Å². The van der Waals surface area contributed by atoms with Crippen molar-refractivity contribution in [1.29, 1.82) is 0 Å². The smallest absolute Gasteiger partial charge is 0.0556 e. The summed E-state index contributed by atoms with van der Waals surface area (Å²) in [6.45, 7) is 0. The molecule has 0 spiro atoms. The highest BCUT2D eigenvalue weighted by molar-refractivity contribution is 5.51. The van der Waals surface area contributed by atoms with Crippen molar-refractivity contribution in [3.63, 3.8) is 0 Å². The van der Waals surface area contributed by atoms with Crippen LogP contribution in [0.4, 0.5) is 0 Å². The molecule has 0 heterocycles. The Morgan fingerprint density at radius 1 is 1.18 bits per heavy atom. The van der Waals surface area contributed by atoms with Gasteiger partial charge in [0.15, 0.2) is 0 Å². The van der Waals surface area contributed by atoms with Crippen molar-refractivity contribution in [2.45, 2.75) is 0 Å². The number of hydrogen-bond acceptors (Lipinski definition) is 0. The zero-order valence-electron chi connectivity index (χ0n) is 6.20. The highest BCUT2D eigenvalue weighted by Crippen LogP contribution is 2.00. The molecule has 1 aromatic carbocycles. The van der Waals surface area contributed by atoms with Gasteiger partial charge < -0.3 is 0 Å². The van der Waals surface area contributed by atoms with E-state index >= 15 is 0 Å². The van der Waals surface area contributed by atoms with E-state index in [1.54, 1.807) is 6.42 Å². The van der Waals surface area contributed by atoms with Crippen molar-refractivity contribution in [3.05, 3.63) is 48.4 Å². The Morgan fingerprint density at radius 3 is 2.55 bits per heavy atom. The molecule has 0 nitrogen and oxygen atoms in total. The molecule has 0 saturated carbocycles. The third kappa shape index (κ3) is 2.73. The van der Waals surface area contributed by atoms with Crippen LogP contribution in [0.1, 0.15) is 5.56 Å². The molecule has 0 aliphatic heterocycles. The van der Waals surface area contributed by atoms with Crippen LogP contribution in [0.3, 0.4) is 0 Å². The van der Waals surface area contributed by atoms with E-state index in [1.807, 2.05) is 42.5 Å². The predicted molar refractivity (Wildman–Crippen MR) is 48.6 cm³/mol. The molecule has 0 unspecified atom stereocenters. The zero-order valence-corrected chi connectivity index (χ0v) is 6.20. The first-order valence-corrected chi connectivity index (χ1v) is 3.44. The molecule has 0 N–H and O–H groups in total. The Morgan fingerprint density at radius 2 is 1.91 bits per heavy atom. The van der Waals surface area contributed by atoms with Gasteiger partial charge in [0.05, 0.1) is 6.42 Å². The second-order valence-electron chi connectivity index (χ2n) is 2.10. The third-order valence-electron chi connectivity index (χ3n) is 1.28. The van der Waals surface area contributed by atoms with Gasteiger partial charge >= 0.3 is 0 Å². The fourth-order valence-electron chi connectivity index (χ4n) is 0.779. The van der Waals surface area contributed by atoms with Crippen molar-refractivity contribution in [3.8, 4) is 12.3 Å². The lowest BCUT2D eigenvalue weighted by atomic mass is 10.2. The van der Waals surface area contributed by atoms with E-state index in [9.17, 15) is 0 Å². The van der Waals surface area contributed by atoms with E-state index in [4.69, 9.17) is 6.42 Å². The summed E-state index contributed by atoms with van der Waals surface area (Å²) in [7, 11) is 0. The molecule has 0 saturated heterocycles. The van der Waals surface area contributed by atoms with Crippen LogP contribution in [0, 0.1) is 18.8 Å². The topological polar surface area (TPSA) is 0 Å². The quantitative estimate of drug-likeness (QED) is 0.555. The summed E-state index contributed by atoms with van der Waals surface area (Å²) in [4.78, 5) is 0. The lowest BCUT2D eigenvalue weighted by Crippen LogP contribution is -1.67. The lowest BCUT2D eigenvalue weighted by molar-refractivity contribution is 1.66. The third-order valence-corrected chi connectivity index (χ3v) is 1.28.